The number of nitrogens with zero attached hydrogens (tertiary/aromatic N) is 1. The zero-order valence-corrected chi connectivity index (χ0v) is 8.77. The molecule has 2 nitrogen and oxygen atoms in total. The van der Waals surface area contributed by atoms with Crippen molar-refractivity contribution in [1.82, 2.24) is 9.97 Å². The minimum absolute atomic E-state index is 0.642. The number of benzene rings is 1. The molecule has 1 N–H and O–H groups in total. The molecule has 0 saturated heterocycles. The van der Waals surface area contributed by atoms with Crippen LogP contribution in [-0.4, -0.2) is 9.97 Å². The van der Waals surface area contributed by atoms with Crippen molar-refractivity contribution in [2.24, 2.45) is 0 Å². The van der Waals surface area contributed by atoms with E-state index >= 15 is 0 Å². The number of hydrogen-bond donors (Lipinski definition) is 1. The number of aromatic nitrogens is 2. The Morgan fingerprint density at radius 2 is 1.81 bits per heavy atom. The maximum absolute atomic E-state index is 12.3. The molecule has 2 aromatic rings. The minimum atomic E-state index is -4.28. The van der Waals surface area contributed by atoms with Crippen LogP contribution in [0, 0.1) is 0 Å². The molecule has 6 heteroatoms. The van der Waals surface area contributed by atoms with E-state index in [1.807, 2.05) is 0 Å². The van der Waals surface area contributed by atoms with Gasteiger partial charge >= 0.3 is 6.18 Å². The molecule has 0 unspecified atom stereocenters. The Morgan fingerprint density at radius 1 is 1.12 bits per heavy atom. The van der Waals surface area contributed by atoms with Gasteiger partial charge in [0.05, 0.1) is 5.56 Å². The van der Waals surface area contributed by atoms with Gasteiger partial charge in [-0.05, 0) is 24.3 Å². The van der Waals surface area contributed by atoms with Crippen molar-refractivity contribution < 1.29 is 13.2 Å². The highest BCUT2D eigenvalue weighted by Crippen LogP contribution is 2.31. The third-order valence-corrected chi connectivity index (χ3v) is 2.79. The van der Waals surface area contributed by atoms with E-state index in [9.17, 15) is 13.2 Å². The molecule has 1 aromatic carbocycles. The van der Waals surface area contributed by atoms with Gasteiger partial charge in [0.25, 0.3) is 0 Å². The Labute approximate surface area is 93.9 Å². The molecule has 0 aliphatic rings. The minimum Gasteiger partial charge on any atom is -0.339 e. The van der Waals surface area contributed by atoms with Crippen molar-refractivity contribution >= 4 is 11.8 Å². The Bertz CT molecular complexity index is 448. The molecule has 0 atom stereocenters. The summed E-state index contributed by atoms with van der Waals surface area (Å²) in [6.45, 7) is 0. The molecule has 0 fully saturated rings. The van der Waals surface area contributed by atoms with Crippen molar-refractivity contribution in [1.29, 1.82) is 0 Å². The number of H-pyrrole nitrogens is 1. The van der Waals surface area contributed by atoms with Crippen LogP contribution < -0.4 is 0 Å². The zero-order chi connectivity index (χ0) is 11.6. The fourth-order valence-electron chi connectivity index (χ4n) is 1.13. The Morgan fingerprint density at radius 3 is 2.31 bits per heavy atom. The molecular weight excluding hydrogens is 237 g/mol. The quantitative estimate of drug-likeness (QED) is 0.874. The summed E-state index contributed by atoms with van der Waals surface area (Å²) in [7, 11) is 0. The second kappa shape index (κ2) is 4.21. The monoisotopic (exact) mass is 244 g/mol. The molecule has 16 heavy (non-hydrogen) atoms. The van der Waals surface area contributed by atoms with Crippen molar-refractivity contribution in [3.05, 3.63) is 42.2 Å². The number of halogens is 3. The Kier molecular flexibility index (Phi) is 2.91. The molecule has 84 valence electrons. The summed E-state index contributed by atoms with van der Waals surface area (Å²) in [5.74, 6) is 0. The van der Waals surface area contributed by atoms with Gasteiger partial charge in [0, 0.05) is 17.3 Å². The summed E-state index contributed by atoms with van der Waals surface area (Å²) < 4.78 is 36.8. The van der Waals surface area contributed by atoms with E-state index in [1.54, 1.807) is 12.4 Å². The SMILES string of the molecule is FC(F)(F)c1ccc(Sc2ncc[nH]2)cc1. The predicted molar refractivity (Wildman–Crippen MR) is 54.2 cm³/mol. The maximum Gasteiger partial charge on any atom is 0.416 e. The summed E-state index contributed by atoms with van der Waals surface area (Å²) >= 11 is 1.28. The van der Waals surface area contributed by atoms with Crippen LogP contribution in [-0.2, 0) is 6.18 Å². The molecule has 0 aliphatic heterocycles. The number of alkyl halides is 3. The fraction of sp³-hybridized carbons (Fsp3) is 0.100. The highest BCUT2D eigenvalue weighted by Gasteiger charge is 2.29. The fourth-order valence-corrected chi connectivity index (χ4v) is 1.87. The zero-order valence-electron chi connectivity index (χ0n) is 7.95. The first kappa shape index (κ1) is 11.1. The molecular formula is C10H7F3N2S. The van der Waals surface area contributed by atoms with Crippen molar-refractivity contribution in [2.45, 2.75) is 16.2 Å². The van der Waals surface area contributed by atoms with Crippen LogP contribution in [0.4, 0.5) is 13.2 Å². The smallest absolute Gasteiger partial charge is 0.339 e. The molecule has 0 aliphatic carbocycles. The van der Waals surface area contributed by atoms with Gasteiger partial charge in [-0.2, -0.15) is 13.2 Å². The third-order valence-electron chi connectivity index (χ3n) is 1.87. The van der Waals surface area contributed by atoms with E-state index in [0.29, 0.717) is 10.1 Å². The summed E-state index contributed by atoms with van der Waals surface area (Å²) in [6.07, 6.45) is -1.04. The topological polar surface area (TPSA) is 28.7 Å². The van der Waals surface area contributed by atoms with Crippen LogP contribution in [0.1, 0.15) is 5.56 Å². The second-order valence-corrected chi connectivity index (χ2v) is 4.08. The molecule has 0 spiro atoms. The lowest BCUT2D eigenvalue weighted by Gasteiger charge is -2.06. The number of hydrogen-bond acceptors (Lipinski definition) is 2. The van der Waals surface area contributed by atoms with Crippen LogP contribution in [0.5, 0.6) is 0 Å². The maximum atomic E-state index is 12.3. The lowest BCUT2D eigenvalue weighted by Crippen LogP contribution is -2.03. The van der Waals surface area contributed by atoms with E-state index in [4.69, 9.17) is 0 Å². The van der Waals surface area contributed by atoms with E-state index in [-0.39, 0.29) is 0 Å². The van der Waals surface area contributed by atoms with Gasteiger partial charge in [0.1, 0.15) is 0 Å². The van der Waals surface area contributed by atoms with Crippen molar-refractivity contribution in [2.75, 3.05) is 0 Å². The lowest BCUT2D eigenvalue weighted by molar-refractivity contribution is -0.137. The van der Waals surface area contributed by atoms with E-state index in [1.165, 1.54) is 23.9 Å². The molecule has 1 heterocycles. The lowest BCUT2D eigenvalue weighted by atomic mass is 10.2. The summed E-state index contributed by atoms with van der Waals surface area (Å²) in [5.41, 5.74) is -0.642. The first-order valence-electron chi connectivity index (χ1n) is 4.40. The van der Waals surface area contributed by atoms with Gasteiger partial charge in [-0.25, -0.2) is 4.98 Å². The number of imidazole rings is 1. The van der Waals surface area contributed by atoms with Crippen LogP contribution in [0.15, 0.2) is 46.7 Å². The average molecular weight is 244 g/mol. The van der Waals surface area contributed by atoms with Gasteiger partial charge in [0.2, 0.25) is 0 Å². The number of nitrogens with one attached hydrogen (secondary N) is 1. The average Bonchev–Trinajstić information content (AvgIpc) is 2.70. The summed E-state index contributed by atoms with van der Waals surface area (Å²) in [4.78, 5) is 7.54. The number of aromatic amines is 1. The molecule has 0 saturated carbocycles. The predicted octanol–water partition coefficient (Wildman–Crippen LogP) is 3.58. The van der Waals surface area contributed by atoms with Gasteiger partial charge in [0.15, 0.2) is 5.16 Å². The molecule has 1 aromatic heterocycles. The normalized spacial score (nSPS) is 11.7. The van der Waals surface area contributed by atoms with Crippen LogP contribution in [0.2, 0.25) is 0 Å². The Balaban J connectivity index is 2.14. The number of rotatable bonds is 2. The van der Waals surface area contributed by atoms with E-state index in [0.717, 1.165) is 12.1 Å². The van der Waals surface area contributed by atoms with Crippen molar-refractivity contribution in [3.8, 4) is 0 Å². The Hall–Kier alpha value is -1.43. The van der Waals surface area contributed by atoms with Crippen molar-refractivity contribution in [3.63, 3.8) is 0 Å². The van der Waals surface area contributed by atoms with Gasteiger partial charge in [-0.3, -0.25) is 0 Å². The van der Waals surface area contributed by atoms with Crippen LogP contribution in [0.3, 0.4) is 0 Å². The second-order valence-electron chi connectivity index (χ2n) is 3.02. The van der Waals surface area contributed by atoms with E-state index in [2.05, 4.69) is 9.97 Å². The highest BCUT2D eigenvalue weighted by atomic mass is 32.2. The van der Waals surface area contributed by atoms with E-state index < -0.39 is 11.7 Å². The third kappa shape index (κ3) is 2.57. The molecule has 2 rings (SSSR count). The highest BCUT2D eigenvalue weighted by molar-refractivity contribution is 7.99. The standard InChI is InChI=1S/C10H7F3N2S/c11-10(12,13)7-1-3-8(4-2-7)16-9-14-5-6-15-9/h1-6H,(H,14,15). The van der Waals surface area contributed by atoms with Gasteiger partial charge in [-0.1, -0.05) is 11.8 Å². The van der Waals surface area contributed by atoms with Gasteiger partial charge in [-0.15, -0.1) is 0 Å². The summed E-state index contributed by atoms with van der Waals surface area (Å²) in [5, 5.41) is 0.653. The van der Waals surface area contributed by atoms with Gasteiger partial charge < -0.3 is 4.98 Å². The molecule has 0 amide bonds. The largest absolute Gasteiger partial charge is 0.416 e. The first-order chi connectivity index (χ1) is 7.55. The van der Waals surface area contributed by atoms with Crippen LogP contribution >= 0.6 is 11.8 Å². The first-order valence-corrected chi connectivity index (χ1v) is 5.22. The molecule has 0 bridgehead atoms. The van der Waals surface area contributed by atoms with Crippen LogP contribution in [0.25, 0.3) is 0 Å². The molecule has 0 radical (unpaired) electrons. The summed E-state index contributed by atoms with van der Waals surface area (Å²) in [6, 6.07) is 4.97.